The number of urea groups is 1. The Morgan fingerprint density at radius 3 is 2.76 bits per heavy atom. The van der Waals surface area contributed by atoms with Gasteiger partial charge in [-0.15, -0.1) is 0 Å². The summed E-state index contributed by atoms with van der Waals surface area (Å²) in [5, 5.41) is 21.3. The average Bonchev–Trinajstić information content (AvgIpc) is 2.81. The number of nitrogens with zero attached hydrogens (tertiary/aromatic N) is 1. The van der Waals surface area contributed by atoms with Gasteiger partial charge in [0, 0.05) is 13.0 Å². The third-order valence-electron chi connectivity index (χ3n) is 3.42. The molecule has 2 amide bonds. The fourth-order valence-corrected chi connectivity index (χ4v) is 2.38. The van der Waals surface area contributed by atoms with Gasteiger partial charge in [0.1, 0.15) is 11.8 Å². The molecule has 0 unspecified atom stereocenters. The Balaban J connectivity index is 2.18. The van der Waals surface area contributed by atoms with Crippen LogP contribution in [-0.4, -0.2) is 52.9 Å². The van der Waals surface area contributed by atoms with E-state index in [1.54, 1.807) is 12.1 Å². The van der Waals surface area contributed by atoms with Gasteiger partial charge in [0.25, 0.3) is 0 Å². The first-order valence-corrected chi connectivity index (χ1v) is 6.55. The summed E-state index contributed by atoms with van der Waals surface area (Å²) in [7, 11) is 1.49. The number of carboxylic acids is 1. The fraction of sp³-hybridized carbons (Fsp3) is 0.429. The minimum absolute atomic E-state index is 0.00304. The normalized spacial score (nSPS) is 21.2. The Morgan fingerprint density at radius 2 is 2.14 bits per heavy atom. The summed E-state index contributed by atoms with van der Waals surface area (Å²) in [5.41, 5.74) is 1.40. The van der Waals surface area contributed by atoms with E-state index in [1.807, 2.05) is 13.0 Å². The number of ether oxygens (including phenoxy) is 1. The van der Waals surface area contributed by atoms with Crippen LogP contribution in [-0.2, 0) is 4.79 Å². The molecule has 21 heavy (non-hydrogen) atoms. The maximum absolute atomic E-state index is 12.2. The molecule has 2 rings (SSSR count). The molecule has 7 heteroatoms. The molecule has 1 heterocycles. The molecule has 3 N–H and O–H groups in total. The van der Waals surface area contributed by atoms with Gasteiger partial charge in [-0.3, -0.25) is 0 Å². The molecule has 1 saturated heterocycles. The zero-order valence-electron chi connectivity index (χ0n) is 11.9. The smallest absolute Gasteiger partial charge is 0.326 e. The number of amides is 2. The lowest BCUT2D eigenvalue weighted by Crippen LogP contribution is -2.43. The molecule has 0 aromatic heterocycles. The van der Waals surface area contributed by atoms with Crippen LogP contribution in [0.25, 0.3) is 0 Å². The Kier molecular flexibility index (Phi) is 4.32. The first-order valence-electron chi connectivity index (χ1n) is 6.55. The van der Waals surface area contributed by atoms with Crippen molar-refractivity contribution in [2.75, 3.05) is 19.0 Å². The fourth-order valence-electron chi connectivity index (χ4n) is 2.38. The molecular formula is C14H18N2O5. The molecule has 0 aliphatic carbocycles. The number of aryl methyl sites for hydroxylation is 1. The SMILES string of the molecule is COc1ccc(C)cc1NC(=O)N1C[C@@H](O)C[C@H]1C(=O)O. The first kappa shape index (κ1) is 15.1. The maximum atomic E-state index is 12.2. The summed E-state index contributed by atoms with van der Waals surface area (Å²) in [6.07, 6.45) is -0.787. The van der Waals surface area contributed by atoms with Crippen molar-refractivity contribution in [2.45, 2.75) is 25.5 Å². The predicted molar refractivity (Wildman–Crippen MR) is 75.5 cm³/mol. The van der Waals surface area contributed by atoms with E-state index in [2.05, 4.69) is 5.32 Å². The number of benzene rings is 1. The molecule has 1 fully saturated rings. The number of anilines is 1. The number of likely N-dealkylation sites (tertiary alicyclic amines) is 1. The number of carboxylic acid groups (broad SMARTS) is 1. The van der Waals surface area contributed by atoms with E-state index in [1.165, 1.54) is 7.11 Å². The Labute approximate surface area is 122 Å². The van der Waals surface area contributed by atoms with Crippen LogP contribution in [0.1, 0.15) is 12.0 Å². The second kappa shape index (κ2) is 6.01. The molecule has 0 radical (unpaired) electrons. The van der Waals surface area contributed by atoms with Crippen molar-refractivity contribution in [1.29, 1.82) is 0 Å². The standard InChI is InChI=1S/C14H18N2O5/c1-8-3-4-12(21-2)10(5-8)15-14(20)16-7-9(17)6-11(16)13(18)19/h3-5,9,11,17H,6-7H2,1-2H3,(H,15,20)(H,18,19)/t9-,11-/m0/s1. The molecule has 0 spiro atoms. The van der Waals surface area contributed by atoms with Crippen molar-refractivity contribution < 1.29 is 24.5 Å². The van der Waals surface area contributed by atoms with E-state index in [0.717, 1.165) is 10.5 Å². The maximum Gasteiger partial charge on any atom is 0.326 e. The van der Waals surface area contributed by atoms with Crippen LogP contribution < -0.4 is 10.1 Å². The number of methoxy groups -OCH3 is 1. The number of aliphatic hydroxyl groups is 1. The van der Waals surface area contributed by atoms with E-state index < -0.39 is 24.1 Å². The van der Waals surface area contributed by atoms with Gasteiger partial charge in [0.05, 0.1) is 18.9 Å². The van der Waals surface area contributed by atoms with E-state index in [4.69, 9.17) is 9.84 Å². The van der Waals surface area contributed by atoms with Crippen molar-refractivity contribution in [1.82, 2.24) is 4.90 Å². The van der Waals surface area contributed by atoms with Gasteiger partial charge in [-0.1, -0.05) is 6.07 Å². The molecule has 7 nitrogen and oxygen atoms in total. The highest BCUT2D eigenvalue weighted by molar-refractivity contribution is 5.94. The predicted octanol–water partition coefficient (Wildman–Crippen LogP) is 1.06. The molecule has 114 valence electrons. The highest BCUT2D eigenvalue weighted by Crippen LogP contribution is 2.27. The second-order valence-electron chi connectivity index (χ2n) is 5.03. The zero-order chi connectivity index (χ0) is 15.6. The topological polar surface area (TPSA) is 99.1 Å². The lowest BCUT2D eigenvalue weighted by atomic mass is 10.2. The van der Waals surface area contributed by atoms with E-state index in [9.17, 15) is 14.7 Å². The molecular weight excluding hydrogens is 276 g/mol. The van der Waals surface area contributed by atoms with Crippen molar-refractivity contribution in [2.24, 2.45) is 0 Å². The molecule has 0 saturated carbocycles. The largest absolute Gasteiger partial charge is 0.495 e. The van der Waals surface area contributed by atoms with Gasteiger partial charge in [0.2, 0.25) is 0 Å². The van der Waals surface area contributed by atoms with Gasteiger partial charge in [-0.25, -0.2) is 9.59 Å². The Bertz CT molecular complexity index is 560. The molecule has 2 atom stereocenters. The van der Waals surface area contributed by atoms with Gasteiger partial charge < -0.3 is 25.2 Å². The number of hydrogen-bond donors (Lipinski definition) is 3. The third-order valence-corrected chi connectivity index (χ3v) is 3.42. The van der Waals surface area contributed by atoms with Crippen molar-refractivity contribution in [3.8, 4) is 5.75 Å². The summed E-state index contributed by atoms with van der Waals surface area (Å²) in [6.45, 7) is 1.87. The monoisotopic (exact) mass is 294 g/mol. The van der Waals surface area contributed by atoms with E-state index in [-0.39, 0.29) is 13.0 Å². The summed E-state index contributed by atoms with van der Waals surface area (Å²) in [6, 6.07) is 3.71. The van der Waals surface area contributed by atoms with Crippen LogP contribution >= 0.6 is 0 Å². The van der Waals surface area contributed by atoms with Crippen molar-refractivity contribution in [3.05, 3.63) is 23.8 Å². The number of carbonyl (C=O) groups is 2. The zero-order valence-corrected chi connectivity index (χ0v) is 11.9. The highest BCUT2D eigenvalue weighted by atomic mass is 16.5. The van der Waals surface area contributed by atoms with E-state index >= 15 is 0 Å². The number of aliphatic hydroxyl groups excluding tert-OH is 1. The summed E-state index contributed by atoms with van der Waals surface area (Å²) in [4.78, 5) is 24.5. The molecule has 0 bridgehead atoms. The van der Waals surface area contributed by atoms with Crippen molar-refractivity contribution >= 4 is 17.7 Å². The number of aliphatic carboxylic acids is 1. The number of hydrogen-bond acceptors (Lipinski definition) is 4. The van der Waals surface area contributed by atoms with Crippen LogP contribution in [0.3, 0.4) is 0 Å². The van der Waals surface area contributed by atoms with Gasteiger partial charge >= 0.3 is 12.0 Å². The number of carbonyl (C=O) groups excluding carboxylic acids is 1. The van der Waals surface area contributed by atoms with Gasteiger partial charge in [-0.05, 0) is 24.6 Å². The molecule has 1 aromatic rings. The van der Waals surface area contributed by atoms with Crippen LogP contribution in [0.2, 0.25) is 0 Å². The number of rotatable bonds is 3. The van der Waals surface area contributed by atoms with Gasteiger partial charge in [-0.2, -0.15) is 0 Å². The van der Waals surface area contributed by atoms with Crippen LogP contribution in [0.5, 0.6) is 5.75 Å². The average molecular weight is 294 g/mol. The summed E-state index contributed by atoms with van der Waals surface area (Å²) >= 11 is 0. The van der Waals surface area contributed by atoms with Crippen LogP contribution in [0.4, 0.5) is 10.5 Å². The van der Waals surface area contributed by atoms with Crippen LogP contribution in [0, 0.1) is 6.92 Å². The quantitative estimate of drug-likeness (QED) is 0.774. The Morgan fingerprint density at radius 1 is 1.43 bits per heavy atom. The van der Waals surface area contributed by atoms with Gasteiger partial charge in [0.15, 0.2) is 0 Å². The van der Waals surface area contributed by atoms with E-state index in [0.29, 0.717) is 11.4 Å². The minimum atomic E-state index is -1.13. The van der Waals surface area contributed by atoms with Crippen molar-refractivity contribution in [3.63, 3.8) is 0 Å². The molecule has 1 aliphatic heterocycles. The van der Waals surface area contributed by atoms with Crippen LogP contribution in [0.15, 0.2) is 18.2 Å². The number of β-amino-alcohol motifs (C(OH)–C–C–N with tert-alkyl or cyclic N) is 1. The lowest BCUT2D eigenvalue weighted by Gasteiger charge is -2.22. The summed E-state index contributed by atoms with van der Waals surface area (Å²) < 4.78 is 5.16. The highest BCUT2D eigenvalue weighted by Gasteiger charge is 2.39. The molecule has 1 aromatic carbocycles. The number of nitrogens with one attached hydrogen (secondary N) is 1. The Hall–Kier alpha value is -2.28. The minimum Gasteiger partial charge on any atom is -0.495 e. The summed E-state index contributed by atoms with van der Waals surface area (Å²) in [5.74, 6) is -0.640. The lowest BCUT2D eigenvalue weighted by molar-refractivity contribution is -0.141. The third kappa shape index (κ3) is 3.25. The first-order chi connectivity index (χ1) is 9.92. The second-order valence-corrected chi connectivity index (χ2v) is 5.03. The molecule has 1 aliphatic rings.